The molecule has 4 heterocycles. The van der Waals surface area contributed by atoms with Gasteiger partial charge in [0.25, 0.3) is 0 Å². The predicted octanol–water partition coefficient (Wildman–Crippen LogP) is 5.61. The topological polar surface area (TPSA) is 99.2 Å². The molecular formula is C30H36N8O. The predicted molar refractivity (Wildman–Crippen MR) is 153 cm³/mol. The van der Waals surface area contributed by atoms with Crippen LogP contribution in [0.1, 0.15) is 69.8 Å². The van der Waals surface area contributed by atoms with E-state index in [1.54, 1.807) is 0 Å². The van der Waals surface area contributed by atoms with Gasteiger partial charge in [0.2, 0.25) is 5.82 Å². The maximum Gasteiger partial charge on any atom is 0.334 e. The molecule has 0 atom stereocenters. The third-order valence-electron chi connectivity index (χ3n) is 7.06. The van der Waals surface area contributed by atoms with Gasteiger partial charge in [0.1, 0.15) is 5.82 Å². The molecule has 202 valence electrons. The van der Waals surface area contributed by atoms with Gasteiger partial charge in [-0.2, -0.15) is 5.21 Å². The van der Waals surface area contributed by atoms with Crippen molar-refractivity contribution in [2.75, 3.05) is 0 Å². The second-order valence-corrected chi connectivity index (χ2v) is 10.3. The largest absolute Gasteiger partial charge is 0.334 e. The molecule has 0 radical (unpaired) electrons. The van der Waals surface area contributed by atoms with Crippen LogP contribution in [-0.4, -0.2) is 39.3 Å². The van der Waals surface area contributed by atoms with Crippen LogP contribution < -0.4 is 5.69 Å². The Labute approximate surface area is 228 Å². The summed E-state index contributed by atoms with van der Waals surface area (Å²) < 4.78 is 5.96. The molecule has 39 heavy (non-hydrogen) atoms. The molecule has 5 rings (SSSR count). The Balaban J connectivity index is 1.53. The number of hydrogen-bond donors (Lipinski definition) is 1. The van der Waals surface area contributed by atoms with E-state index < -0.39 is 0 Å². The summed E-state index contributed by atoms with van der Waals surface area (Å²) in [5.74, 6) is 1.84. The molecule has 9 nitrogen and oxygen atoms in total. The molecule has 0 aliphatic rings. The maximum absolute atomic E-state index is 14.0. The fourth-order valence-corrected chi connectivity index (χ4v) is 5.06. The van der Waals surface area contributed by atoms with Crippen molar-refractivity contribution in [3.63, 3.8) is 0 Å². The molecule has 1 N–H and O–H groups in total. The van der Waals surface area contributed by atoms with Gasteiger partial charge < -0.3 is 4.57 Å². The summed E-state index contributed by atoms with van der Waals surface area (Å²) in [5.41, 5.74) is 5.96. The summed E-state index contributed by atoms with van der Waals surface area (Å²) in [6.45, 7) is 9.98. The molecule has 0 spiro atoms. The van der Waals surface area contributed by atoms with E-state index in [0.29, 0.717) is 18.3 Å². The fourth-order valence-electron chi connectivity index (χ4n) is 5.06. The Bertz CT molecular complexity index is 1590. The number of benzene rings is 1. The molecule has 0 saturated carbocycles. The van der Waals surface area contributed by atoms with Crippen LogP contribution in [0.25, 0.3) is 28.3 Å². The van der Waals surface area contributed by atoms with Gasteiger partial charge in [0, 0.05) is 36.4 Å². The lowest BCUT2D eigenvalue weighted by atomic mass is 10.0. The Morgan fingerprint density at radius 1 is 1.00 bits per heavy atom. The van der Waals surface area contributed by atoms with Gasteiger partial charge in [0.15, 0.2) is 0 Å². The van der Waals surface area contributed by atoms with Crippen LogP contribution in [0.4, 0.5) is 0 Å². The van der Waals surface area contributed by atoms with Crippen molar-refractivity contribution in [3.8, 4) is 28.3 Å². The smallest absolute Gasteiger partial charge is 0.334 e. The molecule has 9 heteroatoms. The Kier molecular flexibility index (Phi) is 7.86. The minimum absolute atomic E-state index is 0.0228. The number of unbranched alkanes of at least 4 members (excludes halogenated alkanes) is 1. The number of H-pyrrole nitrogens is 1. The molecule has 5 aromatic rings. The number of tetrazole rings is 1. The minimum atomic E-state index is -0.0228. The minimum Gasteiger partial charge on any atom is -0.334 e. The molecule has 0 amide bonds. The average molecular weight is 525 g/mol. The third-order valence-corrected chi connectivity index (χ3v) is 7.06. The van der Waals surface area contributed by atoms with Crippen molar-refractivity contribution in [2.24, 2.45) is 0 Å². The number of aromatic amines is 1. The van der Waals surface area contributed by atoms with Crippen LogP contribution in [0, 0.1) is 0 Å². The summed E-state index contributed by atoms with van der Waals surface area (Å²) in [4.78, 5) is 18.6. The summed E-state index contributed by atoms with van der Waals surface area (Å²) in [6, 6.07) is 14.2. The number of hydrogen-bond acceptors (Lipinski definition) is 5. The van der Waals surface area contributed by atoms with Gasteiger partial charge in [-0.15, -0.1) is 10.2 Å². The molecular weight excluding hydrogens is 488 g/mol. The molecule has 0 saturated heterocycles. The fraction of sp³-hybridized carbons (Fsp3) is 0.367. The van der Waals surface area contributed by atoms with Crippen molar-refractivity contribution < 1.29 is 0 Å². The number of aryl methyl sites for hydroxylation is 2. The van der Waals surface area contributed by atoms with Crippen molar-refractivity contribution >= 4 is 0 Å². The van der Waals surface area contributed by atoms with E-state index in [1.165, 1.54) is 5.56 Å². The van der Waals surface area contributed by atoms with Crippen LogP contribution in [0.2, 0.25) is 0 Å². The van der Waals surface area contributed by atoms with E-state index in [4.69, 9.17) is 0 Å². The zero-order valence-corrected chi connectivity index (χ0v) is 23.1. The molecule has 0 fully saturated rings. The van der Waals surface area contributed by atoms with Crippen molar-refractivity contribution in [1.29, 1.82) is 0 Å². The molecule has 0 aliphatic heterocycles. The lowest BCUT2D eigenvalue weighted by Crippen LogP contribution is -2.27. The van der Waals surface area contributed by atoms with E-state index in [2.05, 4.69) is 76.2 Å². The van der Waals surface area contributed by atoms with Gasteiger partial charge in [-0.05, 0) is 71.3 Å². The lowest BCUT2D eigenvalue weighted by Gasteiger charge is -2.13. The number of rotatable bonds is 11. The number of imidazole rings is 1. The average Bonchev–Trinajstić information content (AvgIpc) is 3.69. The van der Waals surface area contributed by atoms with E-state index in [0.717, 1.165) is 66.1 Å². The highest BCUT2D eigenvalue weighted by Crippen LogP contribution is 2.26. The van der Waals surface area contributed by atoms with Gasteiger partial charge >= 0.3 is 5.69 Å². The van der Waals surface area contributed by atoms with Crippen LogP contribution in [-0.2, 0) is 19.5 Å². The van der Waals surface area contributed by atoms with Gasteiger partial charge in [-0.25, -0.2) is 4.79 Å². The van der Waals surface area contributed by atoms with Crippen molar-refractivity contribution in [1.82, 2.24) is 39.3 Å². The molecule has 0 unspecified atom stereocenters. The highest BCUT2D eigenvalue weighted by molar-refractivity contribution is 5.70. The SMILES string of the molecule is CCCCc1cn(-c2c(C(C)C)ccn2CCC)c(=O)n1Cc1cc(-c2cccc(-c3nn[nH]n3)c2)ccn1. The first-order valence-corrected chi connectivity index (χ1v) is 13.8. The third kappa shape index (κ3) is 5.48. The van der Waals surface area contributed by atoms with Gasteiger partial charge in [0.05, 0.1) is 12.2 Å². The zero-order chi connectivity index (χ0) is 27.4. The van der Waals surface area contributed by atoms with Crippen molar-refractivity contribution in [3.05, 3.63) is 88.5 Å². The lowest BCUT2D eigenvalue weighted by molar-refractivity contribution is 0.636. The van der Waals surface area contributed by atoms with Crippen LogP contribution in [0.5, 0.6) is 0 Å². The first-order valence-electron chi connectivity index (χ1n) is 13.8. The standard InChI is InChI=1S/C30H36N8O/c1-5-7-11-26-20-38(29-27(21(3)4)13-16-36(29)15-6-2)30(39)37(26)19-25-18-23(12-14-31-25)22-9-8-10-24(17-22)28-32-34-35-33-28/h8-10,12-14,16-18,20-21H,5-7,11,15,19H2,1-4H3,(H,32,33,34,35). The number of nitrogens with zero attached hydrogens (tertiary/aromatic N) is 7. The number of pyridine rings is 1. The molecule has 4 aromatic heterocycles. The molecule has 0 aliphatic carbocycles. The first kappa shape index (κ1) is 26.3. The first-order chi connectivity index (χ1) is 19.0. The van der Waals surface area contributed by atoms with Crippen LogP contribution in [0.15, 0.2) is 65.8 Å². The van der Waals surface area contributed by atoms with Gasteiger partial charge in [-0.3, -0.25) is 14.1 Å². The van der Waals surface area contributed by atoms with Crippen molar-refractivity contribution in [2.45, 2.75) is 72.4 Å². The van der Waals surface area contributed by atoms with Gasteiger partial charge in [-0.1, -0.05) is 52.3 Å². The van der Waals surface area contributed by atoms with E-state index in [1.807, 2.05) is 51.9 Å². The zero-order valence-electron chi connectivity index (χ0n) is 23.1. The summed E-state index contributed by atoms with van der Waals surface area (Å²) in [7, 11) is 0. The quantitative estimate of drug-likeness (QED) is 0.242. The normalized spacial score (nSPS) is 11.5. The Hall–Kier alpha value is -4.27. The highest BCUT2D eigenvalue weighted by atomic mass is 16.1. The second-order valence-electron chi connectivity index (χ2n) is 10.3. The maximum atomic E-state index is 14.0. The summed E-state index contributed by atoms with van der Waals surface area (Å²) in [6.07, 6.45) is 9.89. The summed E-state index contributed by atoms with van der Waals surface area (Å²) >= 11 is 0. The van der Waals surface area contributed by atoms with Crippen LogP contribution >= 0.6 is 0 Å². The Morgan fingerprint density at radius 3 is 2.56 bits per heavy atom. The number of nitrogens with one attached hydrogen (secondary N) is 1. The second kappa shape index (κ2) is 11.6. The van der Waals surface area contributed by atoms with E-state index in [9.17, 15) is 4.79 Å². The number of aromatic nitrogens is 8. The molecule has 0 bridgehead atoms. The van der Waals surface area contributed by atoms with E-state index in [-0.39, 0.29) is 5.69 Å². The summed E-state index contributed by atoms with van der Waals surface area (Å²) in [5, 5.41) is 14.4. The monoisotopic (exact) mass is 524 g/mol. The highest BCUT2D eigenvalue weighted by Gasteiger charge is 2.20. The molecule has 1 aromatic carbocycles. The Morgan fingerprint density at radius 2 is 1.82 bits per heavy atom. The van der Waals surface area contributed by atoms with E-state index >= 15 is 0 Å². The van der Waals surface area contributed by atoms with Crippen LogP contribution in [0.3, 0.4) is 0 Å².